The lowest BCUT2D eigenvalue weighted by Crippen LogP contribution is -2.29. The molecule has 2 rings (SSSR count). The maximum atomic E-state index is 5.95. The van der Waals surface area contributed by atoms with Crippen LogP contribution < -0.4 is 15.4 Å². The number of hydrogen-bond donors (Lipinski definition) is 1. The Morgan fingerprint density at radius 3 is 2.65 bits per heavy atom. The first-order chi connectivity index (χ1) is 8.20. The van der Waals surface area contributed by atoms with Crippen molar-refractivity contribution in [1.82, 2.24) is 0 Å². The summed E-state index contributed by atoms with van der Waals surface area (Å²) in [6, 6.07) is 8.64. The van der Waals surface area contributed by atoms with Gasteiger partial charge in [0.25, 0.3) is 0 Å². The van der Waals surface area contributed by atoms with Gasteiger partial charge in [-0.3, -0.25) is 0 Å². The molecule has 2 unspecified atom stereocenters. The van der Waals surface area contributed by atoms with Crippen LogP contribution in [0.2, 0.25) is 0 Å². The van der Waals surface area contributed by atoms with Gasteiger partial charge in [0.05, 0.1) is 6.61 Å². The van der Waals surface area contributed by atoms with Crippen LogP contribution in [0.15, 0.2) is 24.3 Å². The molecule has 17 heavy (non-hydrogen) atoms. The summed E-state index contributed by atoms with van der Waals surface area (Å²) in [5, 5.41) is 0. The van der Waals surface area contributed by atoms with Crippen molar-refractivity contribution in [2.45, 2.75) is 26.3 Å². The normalized spacial score (nSPS) is 21.6. The number of benzene rings is 1. The first-order valence-corrected chi connectivity index (χ1v) is 6.44. The molecule has 3 nitrogen and oxygen atoms in total. The molecule has 3 heteroatoms. The zero-order valence-electron chi connectivity index (χ0n) is 10.7. The molecule has 1 saturated heterocycles. The maximum absolute atomic E-state index is 5.95. The van der Waals surface area contributed by atoms with Crippen LogP contribution in [0, 0.1) is 5.92 Å². The number of rotatable bonds is 4. The average molecular weight is 234 g/mol. The first-order valence-electron chi connectivity index (χ1n) is 6.44. The zero-order chi connectivity index (χ0) is 12.3. The van der Waals surface area contributed by atoms with Gasteiger partial charge in [-0.1, -0.05) is 0 Å². The summed E-state index contributed by atoms with van der Waals surface area (Å²) in [6.07, 6.45) is 1.20. The van der Waals surface area contributed by atoms with E-state index in [1.165, 1.54) is 12.1 Å². The Hall–Kier alpha value is -1.22. The lowest BCUT2D eigenvalue weighted by molar-refractivity contribution is 0.340. The zero-order valence-corrected chi connectivity index (χ0v) is 10.7. The van der Waals surface area contributed by atoms with E-state index in [1.54, 1.807) is 0 Å². The highest BCUT2D eigenvalue weighted by Gasteiger charge is 2.25. The van der Waals surface area contributed by atoms with E-state index >= 15 is 0 Å². The Balaban J connectivity index is 1.99. The average Bonchev–Trinajstić information content (AvgIpc) is 2.80. The fraction of sp³-hybridized carbons (Fsp3) is 0.571. The number of nitrogens with zero attached hydrogens (tertiary/aromatic N) is 1. The third-order valence-corrected chi connectivity index (χ3v) is 3.48. The molecule has 1 aliphatic heterocycles. The highest BCUT2D eigenvalue weighted by Crippen LogP contribution is 2.26. The molecule has 94 valence electrons. The van der Waals surface area contributed by atoms with E-state index in [0.29, 0.717) is 12.0 Å². The molecule has 1 aromatic carbocycles. The smallest absolute Gasteiger partial charge is 0.119 e. The molecule has 0 saturated carbocycles. The van der Waals surface area contributed by atoms with Crippen LogP contribution in [0.1, 0.15) is 20.3 Å². The Labute approximate surface area is 104 Å². The van der Waals surface area contributed by atoms with Gasteiger partial charge in [0.15, 0.2) is 0 Å². The summed E-state index contributed by atoms with van der Waals surface area (Å²) in [7, 11) is 0. The number of anilines is 1. The van der Waals surface area contributed by atoms with Crippen LogP contribution in [0.25, 0.3) is 0 Å². The number of hydrogen-bond acceptors (Lipinski definition) is 3. The standard InChI is InChI=1S/C14H22N2O/c1-3-17-14-6-4-13(5-7-14)16-9-8-12(10-16)11(2)15/h4-7,11-12H,3,8-10,15H2,1-2H3. The van der Waals surface area contributed by atoms with Crippen molar-refractivity contribution in [2.75, 3.05) is 24.6 Å². The summed E-state index contributed by atoms with van der Waals surface area (Å²) in [5.41, 5.74) is 7.23. The Bertz CT molecular complexity index is 348. The van der Waals surface area contributed by atoms with Crippen molar-refractivity contribution in [3.8, 4) is 5.75 Å². The molecule has 1 aliphatic rings. The highest BCUT2D eigenvalue weighted by molar-refractivity contribution is 5.49. The van der Waals surface area contributed by atoms with Crippen molar-refractivity contribution >= 4 is 5.69 Å². The van der Waals surface area contributed by atoms with E-state index in [4.69, 9.17) is 10.5 Å². The molecular weight excluding hydrogens is 212 g/mol. The molecule has 1 aromatic rings. The van der Waals surface area contributed by atoms with Crippen LogP contribution in [0.5, 0.6) is 5.75 Å². The minimum Gasteiger partial charge on any atom is -0.494 e. The van der Waals surface area contributed by atoms with E-state index < -0.39 is 0 Å². The Morgan fingerprint density at radius 2 is 2.12 bits per heavy atom. The van der Waals surface area contributed by atoms with Crippen molar-refractivity contribution < 1.29 is 4.74 Å². The SMILES string of the molecule is CCOc1ccc(N2CCC(C(C)N)C2)cc1. The summed E-state index contributed by atoms with van der Waals surface area (Å²) < 4.78 is 5.44. The number of nitrogens with two attached hydrogens (primary N) is 1. The van der Waals surface area contributed by atoms with Crippen LogP contribution in [-0.4, -0.2) is 25.7 Å². The monoisotopic (exact) mass is 234 g/mol. The van der Waals surface area contributed by atoms with Crippen LogP contribution in [0.4, 0.5) is 5.69 Å². The van der Waals surface area contributed by atoms with Gasteiger partial charge in [0, 0.05) is 24.8 Å². The topological polar surface area (TPSA) is 38.5 Å². The minimum absolute atomic E-state index is 0.294. The third-order valence-electron chi connectivity index (χ3n) is 3.48. The molecule has 2 N–H and O–H groups in total. The van der Waals surface area contributed by atoms with Crippen molar-refractivity contribution in [3.05, 3.63) is 24.3 Å². The molecule has 0 amide bonds. The van der Waals surface area contributed by atoms with E-state index in [0.717, 1.165) is 25.4 Å². The maximum Gasteiger partial charge on any atom is 0.119 e. The van der Waals surface area contributed by atoms with Gasteiger partial charge < -0.3 is 15.4 Å². The summed E-state index contributed by atoms with van der Waals surface area (Å²) >= 11 is 0. The molecule has 1 heterocycles. The van der Waals surface area contributed by atoms with Crippen LogP contribution in [0.3, 0.4) is 0 Å². The Morgan fingerprint density at radius 1 is 1.41 bits per heavy atom. The van der Waals surface area contributed by atoms with Gasteiger partial charge in [-0.05, 0) is 50.5 Å². The van der Waals surface area contributed by atoms with Crippen LogP contribution in [-0.2, 0) is 0 Å². The highest BCUT2D eigenvalue weighted by atomic mass is 16.5. The van der Waals surface area contributed by atoms with Crippen molar-refractivity contribution in [1.29, 1.82) is 0 Å². The van der Waals surface area contributed by atoms with Gasteiger partial charge in [-0.25, -0.2) is 0 Å². The second kappa shape index (κ2) is 5.41. The second-order valence-corrected chi connectivity index (χ2v) is 4.78. The number of ether oxygens (including phenoxy) is 1. The van der Waals surface area contributed by atoms with E-state index in [2.05, 4.69) is 24.0 Å². The van der Waals surface area contributed by atoms with E-state index in [9.17, 15) is 0 Å². The van der Waals surface area contributed by atoms with E-state index in [-0.39, 0.29) is 0 Å². The predicted molar refractivity (Wildman–Crippen MR) is 71.6 cm³/mol. The van der Waals surface area contributed by atoms with Gasteiger partial charge in [-0.15, -0.1) is 0 Å². The first kappa shape index (κ1) is 12.2. The van der Waals surface area contributed by atoms with Gasteiger partial charge >= 0.3 is 0 Å². The van der Waals surface area contributed by atoms with Crippen molar-refractivity contribution in [3.63, 3.8) is 0 Å². The van der Waals surface area contributed by atoms with Gasteiger partial charge in [0.1, 0.15) is 5.75 Å². The fourth-order valence-electron chi connectivity index (χ4n) is 2.37. The summed E-state index contributed by atoms with van der Waals surface area (Å²) in [5.74, 6) is 1.57. The third kappa shape index (κ3) is 2.91. The molecule has 0 aromatic heterocycles. The predicted octanol–water partition coefficient (Wildman–Crippen LogP) is 2.26. The van der Waals surface area contributed by atoms with E-state index in [1.807, 2.05) is 19.1 Å². The Kier molecular flexibility index (Phi) is 3.89. The molecule has 2 atom stereocenters. The minimum atomic E-state index is 0.294. The molecule has 0 spiro atoms. The van der Waals surface area contributed by atoms with Gasteiger partial charge in [0.2, 0.25) is 0 Å². The fourth-order valence-corrected chi connectivity index (χ4v) is 2.37. The molecule has 0 radical (unpaired) electrons. The quantitative estimate of drug-likeness (QED) is 0.868. The van der Waals surface area contributed by atoms with Crippen molar-refractivity contribution in [2.24, 2.45) is 11.7 Å². The second-order valence-electron chi connectivity index (χ2n) is 4.78. The molecule has 1 fully saturated rings. The molecule has 0 bridgehead atoms. The largest absolute Gasteiger partial charge is 0.494 e. The molecular formula is C14H22N2O. The van der Waals surface area contributed by atoms with Gasteiger partial charge in [-0.2, -0.15) is 0 Å². The lowest BCUT2D eigenvalue weighted by Gasteiger charge is -2.20. The van der Waals surface area contributed by atoms with Crippen LogP contribution >= 0.6 is 0 Å². The summed E-state index contributed by atoms with van der Waals surface area (Å²) in [4.78, 5) is 2.41. The lowest BCUT2D eigenvalue weighted by atomic mass is 10.0. The summed E-state index contributed by atoms with van der Waals surface area (Å²) in [6.45, 7) is 7.01. The molecule has 0 aliphatic carbocycles.